The van der Waals surface area contributed by atoms with Crippen LogP contribution in [0.3, 0.4) is 0 Å². The molecule has 170 valence electrons. The Hall–Kier alpha value is -3.41. The van der Waals surface area contributed by atoms with E-state index in [0.29, 0.717) is 23.6 Å². The van der Waals surface area contributed by atoms with Crippen LogP contribution in [0.15, 0.2) is 67.1 Å². The van der Waals surface area contributed by atoms with Gasteiger partial charge in [-0.1, -0.05) is 25.0 Å². The van der Waals surface area contributed by atoms with E-state index in [1.807, 2.05) is 36.4 Å². The van der Waals surface area contributed by atoms with Gasteiger partial charge < -0.3 is 15.2 Å². The Kier molecular flexibility index (Phi) is 8.81. The molecule has 0 aliphatic heterocycles. The number of rotatable bonds is 6. The maximum Gasteiger partial charge on any atom is 0.259 e. The van der Waals surface area contributed by atoms with Crippen molar-refractivity contribution in [2.24, 2.45) is 0 Å². The van der Waals surface area contributed by atoms with E-state index in [-0.39, 0.29) is 11.3 Å². The monoisotopic (exact) mass is 461 g/mol. The van der Waals surface area contributed by atoms with Gasteiger partial charge in [-0.15, -0.1) is 0 Å². The summed E-state index contributed by atoms with van der Waals surface area (Å²) in [4.78, 5) is 21.2. The van der Waals surface area contributed by atoms with Gasteiger partial charge in [0, 0.05) is 37.1 Å². The highest BCUT2D eigenvalue weighted by Crippen LogP contribution is 2.40. The molecule has 0 saturated heterocycles. The number of nitrogens with zero attached hydrogens (tertiary/aromatic N) is 3. The van der Waals surface area contributed by atoms with Gasteiger partial charge in [0.2, 0.25) is 0 Å². The lowest BCUT2D eigenvalue weighted by molar-refractivity contribution is 0.102. The van der Waals surface area contributed by atoms with E-state index in [2.05, 4.69) is 26.7 Å². The van der Waals surface area contributed by atoms with E-state index in [1.165, 1.54) is 0 Å². The van der Waals surface area contributed by atoms with Gasteiger partial charge >= 0.3 is 0 Å². The summed E-state index contributed by atoms with van der Waals surface area (Å²) in [7, 11) is 0. The average molecular weight is 462 g/mol. The Balaban J connectivity index is 0.000000968. The molecule has 1 saturated carbocycles. The van der Waals surface area contributed by atoms with Crippen LogP contribution in [0.1, 0.15) is 47.2 Å². The molecule has 0 atom stereocenters. The molecule has 3 N–H and O–H groups in total. The standard InChI is InChI=1S/C24H23N5O.CH4OS/c25-17-24(11-1-2-12-24)19-5-7-20(8-6-19)29-23(30)21-4-3-13-27-22(21)28-16-18-9-14-26-15-10-18;1-3-2/h3-10,13-15H,1-2,11-12,16H2,(H,27,28)(H,29,30);2H,1H3. The lowest BCUT2D eigenvalue weighted by Crippen LogP contribution is -2.19. The summed E-state index contributed by atoms with van der Waals surface area (Å²) in [6.07, 6.45) is 10.7. The lowest BCUT2D eigenvalue weighted by Gasteiger charge is -2.21. The molecule has 1 fully saturated rings. The quantitative estimate of drug-likeness (QED) is 0.416. The van der Waals surface area contributed by atoms with Crippen molar-refractivity contribution in [1.82, 2.24) is 9.97 Å². The summed E-state index contributed by atoms with van der Waals surface area (Å²) in [5.74, 6) is 0.293. The Morgan fingerprint density at radius 2 is 1.79 bits per heavy atom. The third-order valence-corrected chi connectivity index (χ3v) is 5.63. The van der Waals surface area contributed by atoms with Crippen LogP contribution in [0.4, 0.5) is 11.5 Å². The fraction of sp³-hybridized carbons (Fsp3) is 0.280. The van der Waals surface area contributed by atoms with E-state index in [0.717, 1.165) is 48.9 Å². The maximum absolute atomic E-state index is 12.9. The van der Waals surface area contributed by atoms with Gasteiger partial charge in [-0.05, 0) is 72.4 Å². The molecule has 0 unspecified atom stereocenters. The van der Waals surface area contributed by atoms with Crippen molar-refractivity contribution < 1.29 is 9.35 Å². The first-order chi connectivity index (χ1) is 16.1. The Labute approximate surface area is 198 Å². The van der Waals surface area contributed by atoms with Crippen molar-refractivity contribution in [2.45, 2.75) is 37.6 Å². The van der Waals surface area contributed by atoms with Crippen molar-refractivity contribution in [3.8, 4) is 6.07 Å². The Bertz CT molecular complexity index is 1080. The molecule has 1 aliphatic carbocycles. The Morgan fingerprint density at radius 1 is 1.12 bits per heavy atom. The van der Waals surface area contributed by atoms with Gasteiger partial charge in [-0.25, -0.2) is 4.98 Å². The molecule has 7 nitrogen and oxygen atoms in total. The third-order valence-electron chi connectivity index (χ3n) is 5.63. The number of carbonyl (C=O) groups excluding carboxylic acids is 1. The number of nitrogens with one attached hydrogen (secondary N) is 2. The molecule has 1 aromatic carbocycles. The number of hydrogen-bond donors (Lipinski definition) is 3. The van der Waals surface area contributed by atoms with E-state index in [4.69, 9.17) is 4.55 Å². The minimum atomic E-state index is -0.379. The van der Waals surface area contributed by atoms with Crippen LogP contribution in [-0.2, 0) is 12.0 Å². The zero-order chi connectivity index (χ0) is 23.5. The number of anilines is 2. The van der Waals surface area contributed by atoms with Gasteiger partial charge in [0.05, 0.1) is 17.0 Å². The molecule has 8 heteroatoms. The van der Waals surface area contributed by atoms with Crippen molar-refractivity contribution in [3.05, 3.63) is 83.8 Å². The SMILES string of the molecule is CSO.N#CC1(c2ccc(NC(=O)c3cccnc3NCc3ccncc3)cc2)CCCC1. The highest BCUT2D eigenvalue weighted by molar-refractivity contribution is 7.93. The zero-order valence-corrected chi connectivity index (χ0v) is 19.3. The number of carbonyl (C=O) groups is 1. The molecule has 0 bridgehead atoms. The van der Waals surface area contributed by atoms with Crippen LogP contribution in [0, 0.1) is 11.3 Å². The van der Waals surface area contributed by atoms with Gasteiger partial charge in [0.1, 0.15) is 5.82 Å². The maximum atomic E-state index is 12.9. The summed E-state index contributed by atoms with van der Waals surface area (Å²) < 4.78 is 7.49. The van der Waals surface area contributed by atoms with E-state index in [1.54, 1.807) is 37.0 Å². The molecule has 2 aromatic heterocycles. The molecule has 0 radical (unpaired) electrons. The van der Waals surface area contributed by atoms with Crippen molar-refractivity contribution >= 4 is 29.5 Å². The first kappa shape index (κ1) is 24.2. The summed E-state index contributed by atoms with van der Waals surface area (Å²) in [5.41, 5.74) is 2.87. The van der Waals surface area contributed by atoms with Gasteiger partial charge in [-0.2, -0.15) is 5.26 Å². The van der Waals surface area contributed by atoms with Crippen LogP contribution in [-0.4, -0.2) is 26.7 Å². The first-order valence-corrected chi connectivity index (χ1v) is 11.9. The van der Waals surface area contributed by atoms with Crippen LogP contribution >= 0.6 is 12.0 Å². The number of pyridine rings is 2. The summed E-state index contributed by atoms with van der Waals surface area (Å²) in [6.45, 7) is 0.546. The number of hydrogen-bond acceptors (Lipinski definition) is 7. The second-order valence-corrected chi connectivity index (χ2v) is 8.09. The fourth-order valence-electron chi connectivity index (χ4n) is 3.93. The van der Waals surface area contributed by atoms with Crippen molar-refractivity contribution in [3.63, 3.8) is 0 Å². The Morgan fingerprint density at radius 3 is 2.42 bits per heavy atom. The van der Waals surface area contributed by atoms with Crippen LogP contribution in [0.5, 0.6) is 0 Å². The molecular weight excluding hydrogens is 434 g/mol. The van der Waals surface area contributed by atoms with Gasteiger partial charge in [-0.3, -0.25) is 9.78 Å². The second kappa shape index (κ2) is 12.0. The highest BCUT2D eigenvalue weighted by atomic mass is 32.2. The predicted octanol–water partition coefficient (Wildman–Crippen LogP) is 5.50. The minimum absolute atomic E-state index is 0.232. The topological polar surface area (TPSA) is 111 Å². The first-order valence-electron chi connectivity index (χ1n) is 10.7. The average Bonchev–Trinajstić information content (AvgIpc) is 3.35. The van der Waals surface area contributed by atoms with Crippen LogP contribution < -0.4 is 10.6 Å². The third kappa shape index (κ3) is 6.31. The molecule has 33 heavy (non-hydrogen) atoms. The molecule has 2 heterocycles. The predicted molar refractivity (Wildman–Crippen MR) is 132 cm³/mol. The molecule has 4 rings (SSSR count). The van der Waals surface area contributed by atoms with E-state index in [9.17, 15) is 10.1 Å². The fourth-order valence-corrected chi connectivity index (χ4v) is 3.93. The smallest absolute Gasteiger partial charge is 0.259 e. The minimum Gasteiger partial charge on any atom is -0.365 e. The molecule has 1 amide bonds. The lowest BCUT2D eigenvalue weighted by atomic mass is 9.80. The van der Waals surface area contributed by atoms with E-state index >= 15 is 0 Å². The van der Waals surface area contributed by atoms with Gasteiger partial charge in [0.25, 0.3) is 5.91 Å². The second-order valence-electron chi connectivity index (χ2n) is 7.72. The number of nitriles is 1. The van der Waals surface area contributed by atoms with Gasteiger partial charge in [0.15, 0.2) is 0 Å². The van der Waals surface area contributed by atoms with E-state index < -0.39 is 0 Å². The number of amides is 1. The molecular formula is C25H27N5O2S. The van der Waals surface area contributed by atoms with Crippen LogP contribution in [0.2, 0.25) is 0 Å². The van der Waals surface area contributed by atoms with Crippen LogP contribution in [0.25, 0.3) is 0 Å². The summed E-state index contributed by atoms with van der Waals surface area (Å²) >= 11 is 0.750. The number of benzene rings is 1. The molecule has 0 spiro atoms. The largest absolute Gasteiger partial charge is 0.365 e. The number of aromatic nitrogens is 2. The van der Waals surface area contributed by atoms with Crippen molar-refractivity contribution in [1.29, 1.82) is 5.26 Å². The van der Waals surface area contributed by atoms with Crippen molar-refractivity contribution in [2.75, 3.05) is 16.9 Å². The summed E-state index contributed by atoms with van der Waals surface area (Å²) in [6, 6.07) is 17.5. The normalized spacial score (nSPS) is 13.8. The molecule has 3 aromatic rings. The molecule has 1 aliphatic rings. The highest BCUT2D eigenvalue weighted by Gasteiger charge is 2.35. The zero-order valence-electron chi connectivity index (χ0n) is 18.5. The summed E-state index contributed by atoms with van der Waals surface area (Å²) in [5, 5.41) is 15.8.